The third-order valence-electron chi connectivity index (χ3n) is 3.56. The maximum absolute atomic E-state index is 11.7. The fraction of sp³-hybridized carbons (Fsp3) is 0.611. The Kier molecular flexibility index (Phi) is 7.44. The van der Waals surface area contributed by atoms with Crippen molar-refractivity contribution in [2.24, 2.45) is 0 Å². The Morgan fingerprint density at radius 2 is 1.81 bits per heavy atom. The number of benzene rings is 1. The fourth-order valence-electron chi connectivity index (χ4n) is 2.12. The van der Waals surface area contributed by atoms with Gasteiger partial charge in [0.05, 0.1) is 0 Å². The summed E-state index contributed by atoms with van der Waals surface area (Å²) < 4.78 is 4.97. The van der Waals surface area contributed by atoms with Crippen molar-refractivity contribution in [2.75, 3.05) is 20.3 Å². The second-order valence-electron chi connectivity index (χ2n) is 6.50. The van der Waals surface area contributed by atoms with Crippen LogP contribution in [-0.4, -0.2) is 26.2 Å². The third kappa shape index (κ3) is 7.28. The van der Waals surface area contributed by atoms with E-state index in [0.29, 0.717) is 6.42 Å². The van der Waals surface area contributed by atoms with E-state index in [-0.39, 0.29) is 11.3 Å². The topological polar surface area (TPSA) is 38.3 Å². The lowest BCUT2D eigenvalue weighted by Gasteiger charge is -2.19. The van der Waals surface area contributed by atoms with E-state index in [1.165, 1.54) is 11.1 Å². The first kappa shape index (κ1) is 17.7. The molecule has 0 fully saturated rings. The number of amides is 1. The van der Waals surface area contributed by atoms with Crippen LogP contribution < -0.4 is 5.32 Å². The van der Waals surface area contributed by atoms with E-state index in [1.807, 2.05) is 0 Å². The molecule has 3 nitrogen and oxygen atoms in total. The minimum Gasteiger partial charge on any atom is -0.385 e. The van der Waals surface area contributed by atoms with E-state index >= 15 is 0 Å². The molecule has 1 rings (SSSR count). The number of carbonyl (C=O) groups is 1. The zero-order chi connectivity index (χ0) is 15.7. The average Bonchev–Trinajstić information content (AvgIpc) is 2.44. The Balaban J connectivity index is 2.27. The summed E-state index contributed by atoms with van der Waals surface area (Å²) in [5, 5.41) is 2.95. The summed E-state index contributed by atoms with van der Waals surface area (Å²) >= 11 is 0. The van der Waals surface area contributed by atoms with Crippen molar-refractivity contribution in [1.29, 1.82) is 0 Å². The molecule has 21 heavy (non-hydrogen) atoms. The van der Waals surface area contributed by atoms with Gasteiger partial charge in [0.1, 0.15) is 0 Å². The predicted octanol–water partition coefficient (Wildman–Crippen LogP) is 3.46. The number of ether oxygens (including phenoxy) is 1. The Hall–Kier alpha value is -1.35. The lowest BCUT2D eigenvalue weighted by molar-refractivity contribution is -0.121. The van der Waals surface area contributed by atoms with E-state index in [1.54, 1.807) is 7.11 Å². The van der Waals surface area contributed by atoms with Crippen LogP contribution in [0.4, 0.5) is 0 Å². The summed E-state index contributed by atoms with van der Waals surface area (Å²) in [4.78, 5) is 11.7. The zero-order valence-corrected chi connectivity index (χ0v) is 13.9. The standard InChI is InChI=1S/C18H29NO2/c1-18(2,3)16-10-7-15(8-11-16)9-12-17(20)19-13-5-6-14-21-4/h7-8,10-11H,5-6,9,12-14H2,1-4H3,(H,19,20). The third-order valence-corrected chi connectivity index (χ3v) is 3.56. The maximum Gasteiger partial charge on any atom is 0.220 e. The van der Waals surface area contributed by atoms with Gasteiger partial charge in [0.25, 0.3) is 0 Å². The van der Waals surface area contributed by atoms with Crippen molar-refractivity contribution >= 4 is 5.91 Å². The lowest BCUT2D eigenvalue weighted by Crippen LogP contribution is -2.24. The molecule has 0 bridgehead atoms. The number of rotatable bonds is 8. The molecule has 0 radical (unpaired) electrons. The molecule has 0 saturated heterocycles. The number of hydrogen-bond donors (Lipinski definition) is 1. The summed E-state index contributed by atoms with van der Waals surface area (Å²) in [7, 11) is 1.70. The summed E-state index contributed by atoms with van der Waals surface area (Å²) in [5.74, 6) is 0.132. The van der Waals surface area contributed by atoms with E-state index < -0.39 is 0 Å². The first-order valence-corrected chi connectivity index (χ1v) is 7.78. The van der Waals surface area contributed by atoms with Crippen molar-refractivity contribution in [1.82, 2.24) is 5.32 Å². The average molecular weight is 291 g/mol. The van der Waals surface area contributed by atoms with Crippen molar-refractivity contribution in [3.8, 4) is 0 Å². The van der Waals surface area contributed by atoms with E-state index in [0.717, 1.165) is 32.4 Å². The van der Waals surface area contributed by atoms with Crippen LogP contribution in [0.15, 0.2) is 24.3 Å². The van der Waals surface area contributed by atoms with Gasteiger partial charge in [0.15, 0.2) is 0 Å². The molecule has 0 aliphatic heterocycles. The normalized spacial score (nSPS) is 11.4. The van der Waals surface area contributed by atoms with Gasteiger partial charge in [-0.1, -0.05) is 45.0 Å². The Bertz CT molecular complexity index is 418. The molecule has 0 saturated carbocycles. The number of hydrogen-bond acceptors (Lipinski definition) is 2. The van der Waals surface area contributed by atoms with Gasteiger partial charge < -0.3 is 10.1 Å². The second-order valence-corrected chi connectivity index (χ2v) is 6.50. The van der Waals surface area contributed by atoms with Crippen LogP contribution in [0.3, 0.4) is 0 Å². The smallest absolute Gasteiger partial charge is 0.220 e. The van der Waals surface area contributed by atoms with Crippen LogP contribution in [0.5, 0.6) is 0 Å². The zero-order valence-electron chi connectivity index (χ0n) is 13.9. The highest BCUT2D eigenvalue weighted by Gasteiger charge is 2.12. The van der Waals surface area contributed by atoms with E-state index in [9.17, 15) is 4.79 Å². The minimum atomic E-state index is 0.132. The molecule has 1 aromatic carbocycles. The van der Waals surface area contributed by atoms with Crippen LogP contribution in [0.1, 0.15) is 51.2 Å². The van der Waals surface area contributed by atoms with Gasteiger partial charge in [-0.05, 0) is 35.8 Å². The molecule has 1 aromatic rings. The van der Waals surface area contributed by atoms with Crippen molar-refractivity contribution in [3.63, 3.8) is 0 Å². The van der Waals surface area contributed by atoms with Gasteiger partial charge >= 0.3 is 0 Å². The highest BCUT2D eigenvalue weighted by atomic mass is 16.5. The molecule has 0 aromatic heterocycles. The van der Waals surface area contributed by atoms with E-state index in [4.69, 9.17) is 4.74 Å². The Morgan fingerprint density at radius 3 is 2.38 bits per heavy atom. The molecule has 1 amide bonds. The van der Waals surface area contributed by atoms with Gasteiger partial charge in [0, 0.05) is 26.7 Å². The molecule has 0 atom stereocenters. The van der Waals surface area contributed by atoms with Gasteiger partial charge in [-0.15, -0.1) is 0 Å². The Morgan fingerprint density at radius 1 is 1.14 bits per heavy atom. The molecular weight excluding hydrogens is 262 g/mol. The highest BCUT2D eigenvalue weighted by Crippen LogP contribution is 2.22. The summed E-state index contributed by atoms with van der Waals surface area (Å²) in [6.07, 6.45) is 3.32. The van der Waals surface area contributed by atoms with Crippen LogP contribution in [0.2, 0.25) is 0 Å². The Labute approximate surface area is 129 Å². The molecule has 0 spiro atoms. The van der Waals surface area contributed by atoms with Gasteiger partial charge in [-0.3, -0.25) is 4.79 Å². The molecule has 0 heterocycles. The lowest BCUT2D eigenvalue weighted by atomic mass is 9.86. The van der Waals surface area contributed by atoms with Gasteiger partial charge in [0.2, 0.25) is 5.91 Å². The first-order chi connectivity index (χ1) is 9.93. The second kappa shape index (κ2) is 8.83. The quantitative estimate of drug-likeness (QED) is 0.745. The molecule has 1 N–H and O–H groups in total. The first-order valence-electron chi connectivity index (χ1n) is 7.78. The highest BCUT2D eigenvalue weighted by molar-refractivity contribution is 5.76. The largest absolute Gasteiger partial charge is 0.385 e. The molecule has 0 unspecified atom stereocenters. The van der Waals surface area contributed by atoms with Gasteiger partial charge in [-0.25, -0.2) is 0 Å². The van der Waals surface area contributed by atoms with Crippen LogP contribution in [-0.2, 0) is 21.4 Å². The molecule has 0 aliphatic carbocycles. The molecule has 3 heteroatoms. The number of methoxy groups -OCH3 is 1. The summed E-state index contributed by atoms with van der Waals surface area (Å²) in [6.45, 7) is 8.12. The fourth-order valence-corrected chi connectivity index (χ4v) is 2.12. The molecule has 118 valence electrons. The monoisotopic (exact) mass is 291 g/mol. The predicted molar refractivity (Wildman–Crippen MR) is 87.6 cm³/mol. The summed E-state index contributed by atoms with van der Waals surface area (Å²) in [6, 6.07) is 8.59. The van der Waals surface area contributed by atoms with Crippen molar-refractivity contribution < 1.29 is 9.53 Å². The van der Waals surface area contributed by atoms with Gasteiger partial charge in [-0.2, -0.15) is 0 Å². The number of unbranched alkanes of at least 4 members (excludes halogenated alkanes) is 1. The number of nitrogens with one attached hydrogen (secondary N) is 1. The molecular formula is C18H29NO2. The number of carbonyl (C=O) groups excluding carboxylic acids is 1. The van der Waals surface area contributed by atoms with E-state index in [2.05, 4.69) is 50.4 Å². The van der Waals surface area contributed by atoms with Crippen LogP contribution >= 0.6 is 0 Å². The minimum absolute atomic E-state index is 0.132. The SMILES string of the molecule is COCCCCNC(=O)CCc1ccc(C(C)(C)C)cc1. The van der Waals surface area contributed by atoms with Crippen LogP contribution in [0, 0.1) is 0 Å². The van der Waals surface area contributed by atoms with Crippen molar-refractivity contribution in [2.45, 2.75) is 51.9 Å². The summed E-state index contributed by atoms with van der Waals surface area (Å²) in [5.41, 5.74) is 2.73. The number of aryl methyl sites for hydroxylation is 1. The van der Waals surface area contributed by atoms with Crippen LogP contribution in [0.25, 0.3) is 0 Å². The molecule has 0 aliphatic rings. The maximum atomic E-state index is 11.7. The van der Waals surface area contributed by atoms with Crippen molar-refractivity contribution in [3.05, 3.63) is 35.4 Å².